The van der Waals surface area contributed by atoms with E-state index in [0.29, 0.717) is 6.42 Å². The maximum atomic E-state index is 12.9. The van der Waals surface area contributed by atoms with Gasteiger partial charge in [0.1, 0.15) is 11.4 Å². The number of carbonyl (C=O) groups excluding carboxylic acids is 1. The van der Waals surface area contributed by atoms with Crippen molar-refractivity contribution in [1.29, 1.82) is 0 Å². The maximum Gasteiger partial charge on any atom is 0.243 e. The van der Waals surface area contributed by atoms with E-state index >= 15 is 0 Å². The van der Waals surface area contributed by atoms with E-state index in [1.54, 1.807) is 36.0 Å². The molecule has 0 aromatic heterocycles. The van der Waals surface area contributed by atoms with E-state index in [-0.39, 0.29) is 29.0 Å². The second-order valence-corrected chi connectivity index (χ2v) is 11.6. The van der Waals surface area contributed by atoms with Gasteiger partial charge in [0.2, 0.25) is 15.9 Å². The zero-order chi connectivity index (χ0) is 22.8. The number of hydrogen-bond donors (Lipinski definition) is 1. The highest BCUT2D eigenvalue weighted by atomic mass is 32.2. The molecule has 0 unspecified atom stereocenters. The molecule has 0 saturated heterocycles. The van der Waals surface area contributed by atoms with Crippen LogP contribution in [0.1, 0.15) is 50.1 Å². The van der Waals surface area contributed by atoms with Gasteiger partial charge in [-0.15, -0.1) is 11.8 Å². The van der Waals surface area contributed by atoms with E-state index in [1.807, 2.05) is 30.5 Å². The number of amides is 1. The van der Waals surface area contributed by atoms with E-state index in [0.717, 1.165) is 46.2 Å². The minimum atomic E-state index is -3.75. The van der Waals surface area contributed by atoms with Crippen LogP contribution in [0.3, 0.4) is 0 Å². The lowest BCUT2D eigenvalue weighted by atomic mass is 9.77. The number of ether oxygens (including phenoxy) is 1. The van der Waals surface area contributed by atoms with Crippen molar-refractivity contribution in [2.24, 2.45) is 0 Å². The first-order valence-electron chi connectivity index (χ1n) is 11.0. The van der Waals surface area contributed by atoms with E-state index < -0.39 is 10.0 Å². The fourth-order valence-electron chi connectivity index (χ4n) is 4.70. The van der Waals surface area contributed by atoms with Crippen molar-refractivity contribution in [1.82, 2.24) is 9.62 Å². The number of likely N-dealkylation sites (N-methyl/N-ethyl adjacent to an activating group) is 1. The van der Waals surface area contributed by atoms with Crippen molar-refractivity contribution in [2.45, 2.75) is 60.0 Å². The quantitative estimate of drug-likeness (QED) is 0.629. The first-order chi connectivity index (χ1) is 15.3. The van der Waals surface area contributed by atoms with Crippen molar-refractivity contribution in [3.63, 3.8) is 0 Å². The molecule has 32 heavy (non-hydrogen) atoms. The van der Waals surface area contributed by atoms with Crippen LogP contribution in [0, 0.1) is 0 Å². The summed E-state index contributed by atoms with van der Waals surface area (Å²) in [4.78, 5) is 14.1. The van der Waals surface area contributed by atoms with Crippen molar-refractivity contribution in [3.8, 4) is 5.75 Å². The Bertz CT molecular complexity index is 1060. The summed E-state index contributed by atoms with van der Waals surface area (Å²) < 4.78 is 33.4. The Morgan fingerprint density at radius 2 is 1.81 bits per heavy atom. The Kier molecular flexibility index (Phi) is 6.83. The number of benzene rings is 2. The first-order valence-corrected chi connectivity index (χ1v) is 13.7. The molecule has 1 fully saturated rings. The molecule has 1 spiro atoms. The average Bonchev–Trinajstić information content (AvgIpc) is 2.79. The molecule has 1 aliphatic heterocycles. The van der Waals surface area contributed by atoms with Crippen molar-refractivity contribution < 1.29 is 17.9 Å². The van der Waals surface area contributed by atoms with E-state index in [9.17, 15) is 13.2 Å². The molecular weight excluding hydrogens is 444 g/mol. The molecule has 172 valence electrons. The highest BCUT2D eigenvalue weighted by molar-refractivity contribution is 7.98. The molecule has 2 aromatic rings. The summed E-state index contributed by atoms with van der Waals surface area (Å²) in [5, 5.41) is 3.09. The molecule has 2 aliphatic rings. The lowest BCUT2D eigenvalue weighted by Gasteiger charge is -2.44. The van der Waals surface area contributed by atoms with Gasteiger partial charge in [-0.05, 0) is 62.3 Å². The number of fused-ring (bicyclic) bond motifs is 1. The molecule has 1 saturated carbocycles. The predicted octanol–water partition coefficient (Wildman–Crippen LogP) is 4.37. The van der Waals surface area contributed by atoms with Gasteiger partial charge in [0.15, 0.2) is 0 Å². The van der Waals surface area contributed by atoms with Crippen LogP contribution in [0.4, 0.5) is 0 Å². The monoisotopic (exact) mass is 474 g/mol. The maximum absolute atomic E-state index is 12.9. The van der Waals surface area contributed by atoms with Crippen LogP contribution in [0.5, 0.6) is 5.75 Å². The molecule has 1 atom stereocenters. The van der Waals surface area contributed by atoms with Gasteiger partial charge in [0.05, 0.1) is 17.5 Å². The molecular formula is C24H30N2O4S2. The Hall–Kier alpha value is -2.03. The summed E-state index contributed by atoms with van der Waals surface area (Å²) in [5.41, 5.74) is 0.705. The Morgan fingerprint density at radius 3 is 2.50 bits per heavy atom. The van der Waals surface area contributed by atoms with Gasteiger partial charge in [0, 0.05) is 23.9 Å². The second-order valence-electron chi connectivity index (χ2n) is 8.64. The minimum Gasteiger partial charge on any atom is -0.487 e. The largest absolute Gasteiger partial charge is 0.487 e. The smallest absolute Gasteiger partial charge is 0.243 e. The summed E-state index contributed by atoms with van der Waals surface area (Å²) in [7, 11) is -2.31. The van der Waals surface area contributed by atoms with Crippen LogP contribution >= 0.6 is 11.8 Å². The fourth-order valence-corrected chi connectivity index (χ4v) is 6.24. The molecule has 8 heteroatoms. The summed E-state index contributed by atoms with van der Waals surface area (Å²) in [6.07, 6.45) is 8.07. The molecule has 0 radical (unpaired) electrons. The van der Waals surface area contributed by atoms with E-state index in [4.69, 9.17) is 4.74 Å². The van der Waals surface area contributed by atoms with Crippen molar-refractivity contribution in [2.75, 3.05) is 19.8 Å². The molecule has 1 amide bonds. The van der Waals surface area contributed by atoms with Gasteiger partial charge in [-0.1, -0.05) is 24.6 Å². The molecule has 1 aliphatic carbocycles. The normalized spacial score (nSPS) is 19.9. The minimum absolute atomic E-state index is 0.183. The van der Waals surface area contributed by atoms with Crippen LogP contribution in [-0.4, -0.2) is 44.1 Å². The molecule has 6 nitrogen and oxygen atoms in total. The lowest BCUT2D eigenvalue weighted by molar-refractivity contribution is -0.122. The van der Waals surface area contributed by atoms with Crippen LogP contribution in [-0.2, 0) is 14.8 Å². The van der Waals surface area contributed by atoms with Gasteiger partial charge in [0.25, 0.3) is 0 Å². The summed E-state index contributed by atoms with van der Waals surface area (Å²) in [6, 6.07) is 14.3. The number of sulfonamides is 1. The molecule has 1 heterocycles. The van der Waals surface area contributed by atoms with Crippen molar-refractivity contribution in [3.05, 3.63) is 54.1 Å². The predicted molar refractivity (Wildman–Crippen MR) is 126 cm³/mol. The van der Waals surface area contributed by atoms with Gasteiger partial charge >= 0.3 is 0 Å². The molecule has 1 N–H and O–H groups in total. The average molecular weight is 475 g/mol. The van der Waals surface area contributed by atoms with Crippen LogP contribution in [0.15, 0.2) is 58.3 Å². The molecule has 2 aromatic carbocycles. The van der Waals surface area contributed by atoms with Crippen LogP contribution < -0.4 is 10.1 Å². The fraction of sp³-hybridized carbons (Fsp3) is 0.458. The van der Waals surface area contributed by atoms with Gasteiger partial charge in [-0.25, -0.2) is 8.42 Å². The zero-order valence-electron chi connectivity index (χ0n) is 18.5. The third-order valence-electron chi connectivity index (χ3n) is 6.43. The van der Waals surface area contributed by atoms with Gasteiger partial charge < -0.3 is 10.1 Å². The summed E-state index contributed by atoms with van der Waals surface area (Å²) in [6.45, 7) is -0.237. The highest BCUT2D eigenvalue weighted by Crippen LogP contribution is 2.46. The van der Waals surface area contributed by atoms with Gasteiger partial charge in [-0.2, -0.15) is 4.31 Å². The third-order valence-corrected chi connectivity index (χ3v) is 8.99. The van der Waals surface area contributed by atoms with E-state index in [1.165, 1.54) is 13.5 Å². The van der Waals surface area contributed by atoms with Crippen molar-refractivity contribution >= 4 is 27.7 Å². The highest BCUT2D eigenvalue weighted by Gasteiger charge is 2.42. The zero-order valence-corrected chi connectivity index (χ0v) is 20.2. The Labute approximate surface area is 194 Å². The summed E-state index contributed by atoms with van der Waals surface area (Å²) >= 11 is 1.55. The van der Waals surface area contributed by atoms with Crippen LogP contribution in [0.2, 0.25) is 0 Å². The number of hydrogen-bond acceptors (Lipinski definition) is 5. The lowest BCUT2D eigenvalue weighted by Crippen LogP contribution is -2.48. The first kappa shape index (κ1) is 23.1. The number of nitrogens with one attached hydrogen (secondary N) is 1. The topological polar surface area (TPSA) is 75.7 Å². The Balaban J connectivity index is 1.47. The van der Waals surface area contributed by atoms with Crippen LogP contribution in [0.25, 0.3) is 0 Å². The third kappa shape index (κ3) is 4.82. The standard InChI is InChI=1S/C24H30N2O4S2/c1-26(32(28,29)19-12-10-18(31-2)11-13-19)17-23(27)25-21-16-24(14-6-3-7-15-24)30-22-9-5-4-8-20(21)22/h4-5,8-13,21H,3,6-7,14-17H2,1-2H3,(H,25,27)/t21-/m0/s1. The number of thioether (sulfide) groups is 1. The summed E-state index contributed by atoms with van der Waals surface area (Å²) in [5.74, 6) is 0.505. The SMILES string of the molecule is CSc1ccc(S(=O)(=O)N(C)CC(=O)N[C@H]2CC3(CCCCC3)Oc3ccccc32)cc1. The molecule has 0 bridgehead atoms. The van der Waals surface area contributed by atoms with Gasteiger partial charge in [-0.3, -0.25) is 4.79 Å². The number of nitrogens with zero attached hydrogens (tertiary/aromatic N) is 1. The number of para-hydroxylation sites is 1. The molecule has 4 rings (SSSR count). The Morgan fingerprint density at radius 1 is 1.12 bits per heavy atom. The number of rotatable bonds is 6. The van der Waals surface area contributed by atoms with E-state index in [2.05, 4.69) is 5.32 Å². The number of carbonyl (C=O) groups is 1. The second kappa shape index (κ2) is 9.45.